The van der Waals surface area contributed by atoms with Gasteiger partial charge < -0.3 is 9.47 Å². The van der Waals surface area contributed by atoms with Crippen LogP contribution in [0.2, 0.25) is 0 Å². The maximum Gasteiger partial charge on any atom is 0.255 e. The van der Waals surface area contributed by atoms with Crippen molar-refractivity contribution in [1.82, 2.24) is 9.47 Å². The van der Waals surface area contributed by atoms with Crippen molar-refractivity contribution in [3.05, 3.63) is 23.0 Å². The van der Waals surface area contributed by atoms with Crippen LogP contribution in [0.1, 0.15) is 60.4 Å². The van der Waals surface area contributed by atoms with Crippen molar-refractivity contribution in [3.63, 3.8) is 0 Å². The maximum atomic E-state index is 12.7. The van der Waals surface area contributed by atoms with Gasteiger partial charge in [-0.25, -0.2) is 0 Å². The average molecular weight is 260 g/mol. The Kier molecular flexibility index (Phi) is 3.15. The first-order chi connectivity index (χ1) is 9.08. The normalized spacial score (nSPS) is 23.7. The van der Waals surface area contributed by atoms with E-state index in [1.807, 2.05) is 4.90 Å². The lowest BCUT2D eigenvalue weighted by atomic mass is 9.99. The minimum atomic E-state index is 0.242. The summed E-state index contributed by atoms with van der Waals surface area (Å²) in [5.74, 6) is 0.885. The molecule has 3 heteroatoms. The van der Waals surface area contributed by atoms with Crippen molar-refractivity contribution in [1.29, 1.82) is 0 Å². The number of nitrogens with zero attached hydrogens (tertiary/aromatic N) is 2. The predicted molar refractivity (Wildman–Crippen MR) is 76.5 cm³/mol. The molecule has 1 aromatic heterocycles. The molecule has 2 heterocycles. The van der Waals surface area contributed by atoms with E-state index in [-0.39, 0.29) is 5.91 Å². The molecule has 3 nitrogen and oxygen atoms in total. The molecule has 0 spiro atoms. The van der Waals surface area contributed by atoms with E-state index < -0.39 is 0 Å². The van der Waals surface area contributed by atoms with Gasteiger partial charge in [-0.3, -0.25) is 4.79 Å². The third-order valence-electron chi connectivity index (χ3n) is 4.57. The van der Waals surface area contributed by atoms with Gasteiger partial charge in [-0.05, 0) is 51.5 Å². The van der Waals surface area contributed by atoms with Gasteiger partial charge in [-0.2, -0.15) is 0 Å². The number of rotatable bonds is 2. The zero-order chi connectivity index (χ0) is 13.6. The molecule has 104 valence electrons. The average Bonchev–Trinajstić information content (AvgIpc) is 3.15. The van der Waals surface area contributed by atoms with E-state index in [0.29, 0.717) is 12.0 Å². The second kappa shape index (κ2) is 4.69. The molecule has 1 aliphatic carbocycles. The Labute approximate surface area is 115 Å². The van der Waals surface area contributed by atoms with E-state index >= 15 is 0 Å². The molecule has 0 radical (unpaired) electrons. The van der Waals surface area contributed by atoms with Crippen LogP contribution in [-0.4, -0.2) is 28.5 Å². The molecule has 1 amide bonds. The molecule has 1 saturated heterocycles. The molecule has 19 heavy (non-hydrogen) atoms. The Morgan fingerprint density at radius 3 is 2.63 bits per heavy atom. The molecule has 1 atom stereocenters. The van der Waals surface area contributed by atoms with Gasteiger partial charge in [0.1, 0.15) is 0 Å². The molecule has 1 saturated carbocycles. The van der Waals surface area contributed by atoms with Crippen LogP contribution in [0.25, 0.3) is 0 Å². The first-order valence-electron chi connectivity index (χ1n) is 7.55. The molecule has 1 unspecified atom stereocenters. The molecule has 1 aliphatic heterocycles. The number of amides is 1. The Bertz CT molecular complexity index is 499. The zero-order valence-corrected chi connectivity index (χ0v) is 12.3. The SMILES string of the molecule is Cc1cc(C(=O)N2CCCC(C)C2)c(C)n1C1CC1. The van der Waals surface area contributed by atoms with E-state index in [4.69, 9.17) is 0 Å². The summed E-state index contributed by atoms with van der Waals surface area (Å²) in [5, 5.41) is 0. The zero-order valence-electron chi connectivity index (χ0n) is 12.3. The first-order valence-corrected chi connectivity index (χ1v) is 7.55. The number of hydrogen-bond donors (Lipinski definition) is 0. The molecular weight excluding hydrogens is 236 g/mol. The smallest absolute Gasteiger partial charge is 0.255 e. The highest BCUT2D eigenvalue weighted by Gasteiger charge is 2.30. The number of hydrogen-bond acceptors (Lipinski definition) is 1. The van der Waals surface area contributed by atoms with Gasteiger partial charge in [0.25, 0.3) is 5.91 Å². The minimum absolute atomic E-state index is 0.242. The van der Waals surface area contributed by atoms with E-state index in [2.05, 4.69) is 31.4 Å². The molecular formula is C16H24N2O. The third-order valence-corrected chi connectivity index (χ3v) is 4.57. The number of aromatic nitrogens is 1. The van der Waals surface area contributed by atoms with Gasteiger partial charge in [-0.1, -0.05) is 6.92 Å². The summed E-state index contributed by atoms with van der Waals surface area (Å²) in [4.78, 5) is 14.7. The van der Waals surface area contributed by atoms with Gasteiger partial charge in [-0.15, -0.1) is 0 Å². The number of piperidine rings is 1. The third kappa shape index (κ3) is 2.31. The lowest BCUT2D eigenvalue weighted by molar-refractivity contribution is 0.0682. The Morgan fingerprint density at radius 1 is 1.26 bits per heavy atom. The first kappa shape index (κ1) is 12.8. The van der Waals surface area contributed by atoms with Crippen LogP contribution in [-0.2, 0) is 0 Å². The van der Waals surface area contributed by atoms with Crippen molar-refractivity contribution in [3.8, 4) is 0 Å². The topological polar surface area (TPSA) is 25.2 Å². The largest absolute Gasteiger partial charge is 0.345 e. The second-order valence-corrected chi connectivity index (χ2v) is 6.38. The van der Waals surface area contributed by atoms with Crippen molar-refractivity contribution >= 4 is 5.91 Å². The van der Waals surface area contributed by atoms with Crippen molar-refractivity contribution in [2.24, 2.45) is 5.92 Å². The van der Waals surface area contributed by atoms with Crippen molar-refractivity contribution in [2.75, 3.05) is 13.1 Å². The van der Waals surface area contributed by atoms with Crippen LogP contribution in [0.3, 0.4) is 0 Å². The van der Waals surface area contributed by atoms with Crippen LogP contribution >= 0.6 is 0 Å². The summed E-state index contributed by atoms with van der Waals surface area (Å²) in [6, 6.07) is 2.75. The molecule has 0 N–H and O–H groups in total. The van der Waals surface area contributed by atoms with Gasteiger partial charge in [0, 0.05) is 30.5 Å². The highest BCUT2D eigenvalue weighted by molar-refractivity contribution is 5.95. The fourth-order valence-corrected chi connectivity index (χ4v) is 3.43. The maximum absolute atomic E-state index is 12.7. The Morgan fingerprint density at radius 2 is 2.00 bits per heavy atom. The highest BCUT2D eigenvalue weighted by atomic mass is 16.2. The van der Waals surface area contributed by atoms with Crippen molar-refractivity contribution < 1.29 is 4.79 Å². The van der Waals surface area contributed by atoms with E-state index in [1.165, 1.54) is 30.7 Å². The monoisotopic (exact) mass is 260 g/mol. The van der Waals surface area contributed by atoms with Crippen LogP contribution < -0.4 is 0 Å². The fourth-order valence-electron chi connectivity index (χ4n) is 3.43. The van der Waals surface area contributed by atoms with Gasteiger partial charge in [0.05, 0.1) is 5.56 Å². The van der Waals surface area contributed by atoms with E-state index in [9.17, 15) is 4.79 Å². The molecule has 1 aromatic rings. The van der Waals surface area contributed by atoms with Gasteiger partial charge >= 0.3 is 0 Å². The van der Waals surface area contributed by atoms with Gasteiger partial charge in [0.15, 0.2) is 0 Å². The number of likely N-dealkylation sites (tertiary alicyclic amines) is 1. The lowest BCUT2D eigenvalue weighted by Gasteiger charge is -2.31. The molecule has 3 rings (SSSR count). The summed E-state index contributed by atoms with van der Waals surface area (Å²) >= 11 is 0. The van der Waals surface area contributed by atoms with Crippen molar-refractivity contribution in [2.45, 2.75) is 52.5 Å². The second-order valence-electron chi connectivity index (χ2n) is 6.38. The lowest BCUT2D eigenvalue weighted by Crippen LogP contribution is -2.39. The quantitative estimate of drug-likeness (QED) is 0.801. The van der Waals surface area contributed by atoms with Crippen LogP contribution in [0.15, 0.2) is 6.07 Å². The number of carbonyl (C=O) groups excluding carboxylic acids is 1. The fraction of sp³-hybridized carbons (Fsp3) is 0.688. The van der Waals surface area contributed by atoms with Gasteiger partial charge in [0.2, 0.25) is 0 Å². The number of carbonyl (C=O) groups is 1. The summed E-state index contributed by atoms with van der Waals surface area (Å²) in [5.41, 5.74) is 3.34. The predicted octanol–water partition coefficient (Wildman–Crippen LogP) is 3.31. The molecule has 2 fully saturated rings. The molecule has 0 bridgehead atoms. The standard InChI is InChI=1S/C16H24N2O/c1-11-5-4-8-17(10-11)16(19)15-9-12(2)18(13(15)3)14-6-7-14/h9,11,14H,4-8,10H2,1-3H3. The van der Waals surface area contributed by atoms with Crippen LogP contribution in [0.4, 0.5) is 0 Å². The highest BCUT2D eigenvalue weighted by Crippen LogP contribution is 2.38. The Hall–Kier alpha value is -1.25. The molecule has 2 aliphatic rings. The summed E-state index contributed by atoms with van der Waals surface area (Å²) in [6.45, 7) is 8.32. The van der Waals surface area contributed by atoms with E-state index in [1.54, 1.807) is 0 Å². The van der Waals surface area contributed by atoms with E-state index in [0.717, 1.165) is 25.1 Å². The minimum Gasteiger partial charge on any atom is -0.345 e. The Balaban J connectivity index is 1.85. The summed E-state index contributed by atoms with van der Waals surface area (Å²) in [7, 11) is 0. The van der Waals surface area contributed by atoms with Crippen LogP contribution in [0.5, 0.6) is 0 Å². The summed E-state index contributed by atoms with van der Waals surface area (Å²) in [6.07, 6.45) is 4.94. The number of aryl methyl sites for hydroxylation is 1. The van der Waals surface area contributed by atoms with Crippen LogP contribution in [0, 0.1) is 19.8 Å². The summed E-state index contributed by atoms with van der Waals surface area (Å²) < 4.78 is 2.36. The molecule has 0 aromatic carbocycles.